The van der Waals surface area contributed by atoms with Crippen molar-refractivity contribution in [1.29, 1.82) is 0 Å². The van der Waals surface area contributed by atoms with Gasteiger partial charge in [-0.1, -0.05) is 22.0 Å². The average Bonchev–Trinajstić information content (AvgIpc) is 3.01. The van der Waals surface area contributed by atoms with Crippen LogP contribution in [0.5, 0.6) is 0 Å². The SMILES string of the molecule is Nc1c(C(=O)NCc2sccc2Br)sc2cccc(Br)c12. The Bertz CT molecular complexity index is 826. The number of thiophene rings is 2. The van der Waals surface area contributed by atoms with Crippen LogP contribution in [-0.4, -0.2) is 5.91 Å². The molecule has 1 amide bonds. The second-order valence-corrected chi connectivity index (χ2v) is 8.09. The summed E-state index contributed by atoms with van der Waals surface area (Å²) in [6.07, 6.45) is 0. The lowest BCUT2D eigenvalue weighted by Crippen LogP contribution is -2.22. The van der Waals surface area contributed by atoms with Crippen LogP contribution in [0, 0.1) is 0 Å². The fraction of sp³-hybridized carbons (Fsp3) is 0.0714. The molecule has 0 unspecified atom stereocenters. The monoisotopic (exact) mass is 444 g/mol. The fourth-order valence-electron chi connectivity index (χ4n) is 1.99. The topological polar surface area (TPSA) is 55.1 Å². The maximum atomic E-state index is 12.3. The maximum Gasteiger partial charge on any atom is 0.263 e. The highest BCUT2D eigenvalue weighted by Crippen LogP contribution is 2.38. The zero-order valence-corrected chi connectivity index (χ0v) is 15.5. The molecular formula is C14H10Br2N2OS2. The number of rotatable bonds is 3. The normalized spacial score (nSPS) is 11.0. The van der Waals surface area contributed by atoms with E-state index in [0.29, 0.717) is 17.1 Å². The molecule has 0 aliphatic heterocycles. The van der Waals surface area contributed by atoms with Gasteiger partial charge in [0.25, 0.3) is 5.91 Å². The highest BCUT2D eigenvalue weighted by atomic mass is 79.9. The van der Waals surface area contributed by atoms with Crippen molar-refractivity contribution >= 4 is 76.2 Å². The number of halogens is 2. The summed E-state index contributed by atoms with van der Waals surface area (Å²) in [5.41, 5.74) is 6.67. The van der Waals surface area contributed by atoms with Gasteiger partial charge in [0, 0.05) is 23.9 Å². The Hall–Kier alpha value is -0.890. The van der Waals surface area contributed by atoms with Crippen molar-refractivity contribution in [2.75, 3.05) is 5.73 Å². The Morgan fingerprint density at radius 2 is 2.05 bits per heavy atom. The minimum absolute atomic E-state index is 0.138. The lowest BCUT2D eigenvalue weighted by atomic mass is 10.2. The van der Waals surface area contributed by atoms with Crippen molar-refractivity contribution in [1.82, 2.24) is 5.32 Å². The summed E-state index contributed by atoms with van der Waals surface area (Å²) in [5, 5.41) is 5.81. The van der Waals surface area contributed by atoms with E-state index < -0.39 is 0 Å². The third-order valence-electron chi connectivity index (χ3n) is 3.01. The molecule has 2 aromatic heterocycles. The lowest BCUT2D eigenvalue weighted by molar-refractivity contribution is 0.0956. The van der Waals surface area contributed by atoms with Crippen LogP contribution in [0.4, 0.5) is 5.69 Å². The van der Waals surface area contributed by atoms with Crippen molar-refractivity contribution in [2.24, 2.45) is 0 Å². The van der Waals surface area contributed by atoms with E-state index in [1.165, 1.54) is 11.3 Å². The van der Waals surface area contributed by atoms with Crippen LogP contribution in [0.2, 0.25) is 0 Å². The summed E-state index contributed by atoms with van der Waals surface area (Å²) < 4.78 is 2.93. The number of nitrogens with one attached hydrogen (secondary N) is 1. The van der Waals surface area contributed by atoms with Crippen molar-refractivity contribution in [3.8, 4) is 0 Å². The molecule has 0 fully saturated rings. The summed E-state index contributed by atoms with van der Waals surface area (Å²) in [6, 6.07) is 7.80. The van der Waals surface area contributed by atoms with Crippen molar-refractivity contribution in [3.05, 3.63) is 48.3 Å². The van der Waals surface area contributed by atoms with E-state index in [4.69, 9.17) is 5.73 Å². The maximum absolute atomic E-state index is 12.3. The van der Waals surface area contributed by atoms with Gasteiger partial charge in [-0.2, -0.15) is 0 Å². The van der Waals surface area contributed by atoms with E-state index in [-0.39, 0.29) is 5.91 Å². The van der Waals surface area contributed by atoms with E-state index in [1.807, 2.05) is 29.6 Å². The number of hydrogen-bond acceptors (Lipinski definition) is 4. The number of anilines is 1. The molecule has 21 heavy (non-hydrogen) atoms. The first kappa shape index (κ1) is 15.0. The number of nitrogen functional groups attached to an aromatic ring is 1. The summed E-state index contributed by atoms with van der Waals surface area (Å²) in [6.45, 7) is 0.492. The number of amides is 1. The van der Waals surface area contributed by atoms with Crippen LogP contribution in [0.1, 0.15) is 14.5 Å². The van der Waals surface area contributed by atoms with Gasteiger partial charge >= 0.3 is 0 Å². The number of carbonyl (C=O) groups excluding carboxylic acids is 1. The highest BCUT2D eigenvalue weighted by molar-refractivity contribution is 9.11. The van der Waals surface area contributed by atoms with Gasteiger partial charge in [0.05, 0.1) is 12.2 Å². The van der Waals surface area contributed by atoms with Crippen molar-refractivity contribution in [3.63, 3.8) is 0 Å². The number of benzene rings is 1. The van der Waals surface area contributed by atoms with Crippen molar-refractivity contribution in [2.45, 2.75) is 6.54 Å². The highest BCUT2D eigenvalue weighted by Gasteiger charge is 2.18. The number of nitrogens with two attached hydrogens (primary N) is 1. The third kappa shape index (κ3) is 2.88. The third-order valence-corrected chi connectivity index (χ3v) is 6.76. The Kier molecular flexibility index (Phi) is 4.35. The van der Waals surface area contributed by atoms with Crippen LogP contribution in [0.3, 0.4) is 0 Å². The van der Waals surface area contributed by atoms with Gasteiger partial charge in [-0.05, 0) is 39.5 Å². The second kappa shape index (κ2) is 6.08. The Labute approximate surface area is 146 Å². The van der Waals surface area contributed by atoms with Crippen LogP contribution in [0.15, 0.2) is 38.6 Å². The van der Waals surface area contributed by atoms with E-state index in [9.17, 15) is 4.79 Å². The second-order valence-electron chi connectivity index (χ2n) is 4.33. The molecule has 0 bridgehead atoms. The first-order chi connectivity index (χ1) is 10.1. The molecule has 0 spiro atoms. The summed E-state index contributed by atoms with van der Waals surface area (Å²) in [5.74, 6) is -0.138. The average molecular weight is 446 g/mol. The molecule has 3 aromatic rings. The molecule has 0 aliphatic rings. The largest absolute Gasteiger partial charge is 0.397 e. The van der Waals surface area contributed by atoms with Gasteiger partial charge in [0.1, 0.15) is 4.88 Å². The first-order valence-corrected chi connectivity index (χ1v) is 9.32. The standard InChI is InChI=1S/C14H10Br2N2OS2/c15-7-4-5-20-10(7)6-18-14(19)13-12(17)11-8(16)2-1-3-9(11)21-13/h1-5H,6,17H2,(H,18,19). The molecule has 3 rings (SSSR count). The van der Waals surface area contributed by atoms with E-state index in [0.717, 1.165) is 23.9 Å². The van der Waals surface area contributed by atoms with Gasteiger partial charge in [-0.3, -0.25) is 4.79 Å². The zero-order chi connectivity index (χ0) is 15.0. The van der Waals surface area contributed by atoms with E-state index in [2.05, 4.69) is 37.2 Å². The molecule has 1 aromatic carbocycles. The Balaban J connectivity index is 1.87. The van der Waals surface area contributed by atoms with E-state index in [1.54, 1.807) is 11.3 Å². The fourth-order valence-corrected chi connectivity index (χ4v) is 5.20. The smallest absolute Gasteiger partial charge is 0.263 e. The Morgan fingerprint density at radius 3 is 2.71 bits per heavy atom. The molecule has 0 saturated heterocycles. The van der Waals surface area contributed by atoms with Crippen LogP contribution >= 0.6 is 54.5 Å². The molecule has 3 nitrogen and oxygen atoms in total. The molecule has 0 atom stereocenters. The molecular weight excluding hydrogens is 436 g/mol. The number of fused-ring (bicyclic) bond motifs is 1. The molecule has 7 heteroatoms. The summed E-state index contributed by atoms with van der Waals surface area (Å²) in [7, 11) is 0. The lowest BCUT2D eigenvalue weighted by Gasteiger charge is -2.03. The number of hydrogen-bond donors (Lipinski definition) is 2. The molecule has 0 saturated carbocycles. The molecule has 108 valence electrons. The zero-order valence-electron chi connectivity index (χ0n) is 10.7. The van der Waals surface area contributed by atoms with Crippen molar-refractivity contribution < 1.29 is 4.79 Å². The molecule has 0 aliphatic carbocycles. The minimum Gasteiger partial charge on any atom is -0.397 e. The summed E-state index contributed by atoms with van der Waals surface area (Å²) in [4.78, 5) is 14.0. The minimum atomic E-state index is -0.138. The van der Waals surface area contributed by atoms with Gasteiger partial charge < -0.3 is 11.1 Å². The number of carbonyl (C=O) groups is 1. The van der Waals surface area contributed by atoms with Crippen LogP contribution in [-0.2, 0) is 6.54 Å². The van der Waals surface area contributed by atoms with Gasteiger partial charge in [0.15, 0.2) is 0 Å². The van der Waals surface area contributed by atoms with Gasteiger partial charge in [0.2, 0.25) is 0 Å². The van der Waals surface area contributed by atoms with Gasteiger partial charge in [-0.15, -0.1) is 22.7 Å². The predicted molar refractivity (Wildman–Crippen MR) is 97.1 cm³/mol. The molecule has 0 radical (unpaired) electrons. The van der Waals surface area contributed by atoms with Gasteiger partial charge in [-0.25, -0.2) is 0 Å². The molecule has 3 N–H and O–H groups in total. The Morgan fingerprint density at radius 1 is 1.24 bits per heavy atom. The molecule has 2 heterocycles. The predicted octanol–water partition coefficient (Wildman–Crippen LogP) is 5.00. The van der Waals surface area contributed by atoms with E-state index >= 15 is 0 Å². The van der Waals surface area contributed by atoms with Crippen LogP contribution in [0.25, 0.3) is 10.1 Å². The summed E-state index contributed by atoms with van der Waals surface area (Å²) >= 11 is 9.95. The first-order valence-electron chi connectivity index (χ1n) is 6.04. The van der Waals surface area contributed by atoms with Crippen LogP contribution < -0.4 is 11.1 Å². The quantitative estimate of drug-likeness (QED) is 0.595.